The molecule has 0 aromatic heterocycles. The number of methoxy groups -OCH3 is 1. The number of rotatable bonds is 21. The Balaban J connectivity index is 1.44. The van der Waals surface area contributed by atoms with Crippen molar-refractivity contribution in [2.45, 2.75) is 0 Å². The summed E-state index contributed by atoms with van der Waals surface area (Å²) in [6, 6.07) is 17.2. The highest BCUT2D eigenvalue weighted by atomic mass is 16.6. The molecule has 0 radical (unpaired) electrons. The maximum absolute atomic E-state index is 5.78. The Morgan fingerprint density at radius 2 is 0.818 bits per heavy atom. The van der Waals surface area contributed by atoms with Gasteiger partial charge in [-0.25, -0.2) is 0 Å². The van der Waals surface area contributed by atoms with Gasteiger partial charge in [-0.1, -0.05) is 30.3 Å². The first-order valence-electron chi connectivity index (χ1n) is 11.2. The third-order valence-electron chi connectivity index (χ3n) is 4.24. The standard InChI is InChI=1S/C25H36O8/c1-26-11-12-27-13-14-29-18-21-32-24-9-5-6-10-25(24)33-22-19-30-16-15-28-17-20-31-23-7-3-2-4-8-23/h2-10H,11-22H2,1H3. The first kappa shape index (κ1) is 26.9. The average molecular weight is 465 g/mol. The van der Waals surface area contributed by atoms with Gasteiger partial charge in [0.05, 0.1) is 59.5 Å². The predicted octanol–water partition coefficient (Wildman–Crippen LogP) is 3.24. The molecule has 0 aliphatic rings. The molecule has 33 heavy (non-hydrogen) atoms. The summed E-state index contributed by atoms with van der Waals surface area (Å²) in [6.45, 7) is 6.04. The van der Waals surface area contributed by atoms with E-state index in [0.29, 0.717) is 90.8 Å². The Morgan fingerprint density at radius 3 is 1.30 bits per heavy atom. The van der Waals surface area contributed by atoms with Crippen molar-refractivity contribution >= 4 is 0 Å². The lowest BCUT2D eigenvalue weighted by Gasteiger charge is -2.13. The van der Waals surface area contributed by atoms with Gasteiger partial charge in [0, 0.05) is 7.11 Å². The van der Waals surface area contributed by atoms with Gasteiger partial charge in [0.15, 0.2) is 11.5 Å². The van der Waals surface area contributed by atoms with Gasteiger partial charge in [0.1, 0.15) is 25.6 Å². The van der Waals surface area contributed by atoms with Crippen molar-refractivity contribution in [2.24, 2.45) is 0 Å². The van der Waals surface area contributed by atoms with E-state index in [1.165, 1.54) is 0 Å². The van der Waals surface area contributed by atoms with E-state index >= 15 is 0 Å². The highest BCUT2D eigenvalue weighted by Gasteiger charge is 2.04. The second kappa shape index (κ2) is 19.1. The lowest BCUT2D eigenvalue weighted by molar-refractivity contribution is 0.0173. The molecule has 0 spiro atoms. The van der Waals surface area contributed by atoms with Crippen LogP contribution in [0.4, 0.5) is 0 Å². The predicted molar refractivity (Wildman–Crippen MR) is 125 cm³/mol. The van der Waals surface area contributed by atoms with Crippen molar-refractivity contribution in [3.8, 4) is 17.2 Å². The second-order valence-corrected chi connectivity index (χ2v) is 6.75. The highest BCUT2D eigenvalue weighted by molar-refractivity contribution is 5.39. The van der Waals surface area contributed by atoms with Gasteiger partial charge in [-0.2, -0.15) is 0 Å². The van der Waals surface area contributed by atoms with E-state index in [0.717, 1.165) is 5.75 Å². The molecular formula is C25H36O8. The minimum Gasteiger partial charge on any atom is -0.491 e. The zero-order valence-corrected chi connectivity index (χ0v) is 19.4. The number of hydrogen-bond donors (Lipinski definition) is 0. The molecule has 2 aromatic rings. The fraction of sp³-hybridized carbons (Fsp3) is 0.520. The van der Waals surface area contributed by atoms with Crippen molar-refractivity contribution in [3.05, 3.63) is 54.6 Å². The van der Waals surface area contributed by atoms with Crippen LogP contribution in [0.2, 0.25) is 0 Å². The fourth-order valence-corrected chi connectivity index (χ4v) is 2.63. The third-order valence-corrected chi connectivity index (χ3v) is 4.24. The van der Waals surface area contributed by atoms with Gasteiger partial charge in [0.25, 0.3) is 0 Å². The molecule has 8 nitrogen and oxygen atoms in total. The monoisotopic (exact) mass is 464 g/mol. The number of para-hydroxylation sites is 3. The van der Waals surface area contributed by atoms with Crippen LogP contribution in [-0.4, -0.2) is 86.4 Å². The van der Waals surface area contributed by atoms with Crippen LogP contribution in [0.25, 0.3) is 0 Å². The summed E-state index contributed by atoms with van der Waals surface area (Å²) in [4.78, 5) is 0. The first-order valence-corrected chi connectivity index (χ1v) is 11.2. The van der Waals surface area contributed by atoms with Crippen LogP contribution in [0.3, 0.4) is 0 Å². The molecule has 0 N–H and O–H groups in total. The molecule has 0 atom stereocenters. The van der Waals surface area contributed by atoms with Gasteiger partial charge in [-0.15, -0.1) is 0 Å². The van der Waals surface area contributed by atoms with E-state index in [-0.39, 0.29) is 0 Å². The lowest BCUT2D eigenvalue weighted by Crippen LogP contribution is -2.14. The topological polar surface area (TPSA) is 73.8 Å². The molecule has 0 saturated carbocycles. The molecular weight excluding hydrogens is 428 g/mol. The quantitative estimate of drug-likeness (QED) is 0.261. The zero-order chi connectivity index (χ0) is 23.2. The normalized spacial score (nSPS) is 10.8. The lowest BCUT2D eigenvalue weighted by atomic mass is 10.3. The summed E-state index contributed by atoms with van der Waals surface area (Å²) >= 11 is 0. The number of benzene rings is 2. The van der Waals surface area contributed by atoms with E-state index in [2.05, 4.69) is 0 Å². The van der Waals surface area contributed by atoms with Crippen LogP contribution < -0.4 is 14.2 Å². The minimum absolute atomic E-state index is 0.423. The van der Waals surface area contributed by atoms with E-state index < -0.39 is 0 Å². The minimum atomic E-state index is 0.423. The maximum atomic E-state index is 5.78. The molecule has 0 aliphatic carbocycles. The summed E-state index contributed by atoms with van der Waals surface area (Å²) in [5.74, 6) is 2.20. The third kappa shape index (κ3) is 13.7. The van der Waals surface area contributed by atoms with E-state index in [9.17, 15) is 0 Å². The van der Waals surface area contributed by atoms with Crippen LogP contribution in [0.15, 0.2) is 54.6 Å². The molecule has 0 amide bonds. The zero-order valence-electron chi connectivity index (χ0n) is 19.4. The van der Waals surface area contributed by atoms with Crippen molar-refractivity contribution < 1.29 is 37.9 Å². The van der Waals surface area contributed by atoms with Crippen molar-refractivity contribution in [2.75, 3.05) is 86.4 Å². The summed E-state index contributed by atoms with van der Waals surface area (Å²) in [7, 11) is 1.65. The van der Waals surface area contributed by atoms with Crippen LogP contribution in [0.5, 0.6) is 17.2 Å². The summed E-state index contributed by atoms with van der Waals surface area (Å²) in [5.41, 5.74) is 0. The number of hydrogen-bond acceptors (Lipinski definition) is 8. The van der Waals surface area contributed by atoms with Crippen molar-refractivity contribution in [3.63, 3.8) is 0 Å². The Bertz CT molecular complexity index is 698. The van der Waals surface area contributed by atoms with Crippen LogP contribution >= 0.6 is 0 Å². The Kier molecular flexibility index (Phi) is 15.6. The van der Waals surface area contributed by atoms with Crippen LogP contribution in [-0.2, 0) is 23.7 Å². The first-order chi connectivity index (χ1) is 16.4. The van der Waals surface area contributed by atoms with Crippen LogP contribution in [0.1, 0.15) is 0 Å². The summed E-state index contributed by atoms with van der Waals surface area (Å²) < 4.78 is 43.9. The molecule has 0 heterocycles. The van der Waals surface area contributed by atoms with Gasteiger partial charge in [0.2, 0.25) is 0 Å². The molecule has 8 heteroatoms. The molecule has 0 aliphatic heterocycles. The SMILES string of the molecule is COCCOCCOCCOc1ccccc1OCCOCCOCCOc1ccccc1. The summed E-state index contributed by atoms with van der Waals surface area (Å²) in [5, 5.41) is 0. The second-order valence-electron chi connectivity index (χ2n) is 6.75. The van der Waals surface area contributed by atoms with Gasteiger partial charge < -0.3 is 37.9 Å². The average Bonchev–Trinajstić information content (AvgIpc) is 2.85. The molecule has 0 bridgehead atoms. The molecule has 0 fully saturated rings. The van der Waals surface area contributed by atoms with Crippen molar-refractivity contribution in [1.29, 1.82) is 0 Å². The summed E-state index contributed by atoms with van der Waals surface area (Å²) in [6.07, 6.45) is 0. The Hall–Kier alpha value is -2.36. The number of ether oxygens (including phenoxy) is 8. The van der Waals surface area contributed by atoms with Gasteiger partial charge in [-0.3, -0.25) is 0 Å². The van der Waals surface area contributed by atoms with E-state index in [1.807, 2.05) is 54.6 Å². The Morgan fingerprint density at radius 1 is 0.424 bits per heavy atom. The van der Waals surface area contributed by atoms with Gasteiger partial charge >= 0.3 is 0 Å². The molecule has 0 unspecified atom stereocenters. The smallest absolute Gasteiger partial charge is 0.161 e. The van der Waals surface area contributed by atoms with Gasteiger partial charge in [-0.05, 0) is 24.3 Å². The van der Waals surface area contributed by atoms with E-state index in [1.54, 1.807) is 7.11 Å². The fourth-order valence-electron chi connectivity index (χ4n) is 2.63. The molecule has 0 saturated heterocycles. The maximum Gasteiger partial charge on any atom is 0.161 e. The van der Waals surface area contributed by atoms with E-state index in [4.69, 9.17) is 37.9 Å². The highest BCUT2D eigenvalue weighted by Crippen LogP contribution is 2.26. The van der Waals surface area contributed by atoms with Crippen molar-refractivity contribution in [1.82, 2.24) is 0 Å². The molecule has 2 rings (SSSR count). The Labute approximate surface area is 196 Å². The molecule has 184 valence electrons. The van der Waals surface area contributed by atoms with Crippen LogP contribution in [0, 0.1) is 0 Å². The largest absolute Gasteiger partial charge is 0.491 e. The molecule has 2 aromatic carbocycles.